The van der Waals surface area contributed by atoms with Gasteiger partial charge in [0, 0.05) is 10.0 Å². The summed E-state index contributed by atoms with van der Waals surface area (Å²) < 4.78 is 11.6. The molecule has 2 rings (SSSR count). The quantitative estimate of drug-likeness (QED) is 0.903. The van der Waals surface area contributed by atoms with Crippen LogP contribution in [-0.2, 0) is 14.9 Å². The maximum absolute atomic E-state index is 11.5. The first-order valence-corrected chi connectivity index (χ1v) is 6.99. The number of carbonyl (C=O) groups is 1. The fourth-order valence-corrected chi connectivity index (χ4v) is 3.10. The molecule has 1 aromatic rings. The van der Waals surface area contributed by atoms with Gasteiger partial charge in [0.05, 0.1) is 31.7 Å². The van der Waals surface area contributed by atoms with Crippen molar-refractivity contribution in [2.75, 3.05) is 20.3 Å². The maximum atomic E-state index is 11.5. The average Bonchev–Trinajstić information content (AvgIpc) is 2.33. The molecule has 1 aromatic carbocycles. The van der Waals surface area contributed by atoms with Crippen LogP contribution in [0.4, 0.5) is 0 Å². The monoisotopic (exact) mass is 328 g/mol. The van der Waals surface area contributed by atoms with E-state index in [1.165, 1.54) is 0 Å². The fourth-order valence-electron chi connectivity index (χ4n) is 2.74. The molecule has 104 valence electrons. The second-order valence-corrected chi connectivity index (χ2v) is 5.71. The van der Waals surface area contributed by atoms with Crippen LogP contribution in [0.1, 0.15) is 18.9 Å². The van der Waals surface area contributed by atoms with Crippen LogP contribution in [0.15, 0.2) is 22.7 Å². The molecule has 1 fully saturated rings. The third kappa shape index (κ3) is 2.37. The Morgan fingerprint density at radius 2 is 2.26 bits per heavy atom. The van der Waals surface area contributed by atoms with Crippen LogP contribution < -0.4 is 4.74 Å². The van der Waals surface area contributed by atoms with Gasteiger partial charge in [-0.05, 0) is 24.6 Å². The summed E-state index contributed by atoms with van der Waals surface area (Å²) in [6.07, 6.45) is 0.564. The second-order valence-electron chi connectivity index (χ2n) is 4.79. The molecule has 0 aliphatic carbocycles. The summed E-state index contributed by atoms with van der Waals surface area (Å²) >= 11 is 3.44. The number of carboxylic acids is 1. The molecule has 1 saturated heterocycles. The van der Waals surface area contributed by atoms with Gasteiger partial charge >= 0.3 is 5.97 Å². The summed E-state index contributed by atoms with van der Waals surface area (Å²) in [6, 6.07) is 5.68. The zero-order valence-electron chi connectivity index (χ0n) is 11.0. The van der Waals surface area contributed by atoms with Crippen LogP contribution in [0.25, 0.3) is 0 Å². The Labute approximate surface area is 120 Å². The minimum Gasteiger partial charge on any atom is -0.496 e. The number of hydrogen-bond donors (Lipinski definition) is 1. The molecule has 0 aromatic heterocycles. The number of rotatable bonds is 5. The Morgan fingerprint density at radius 1 is 1.58 bits per heavy atom. The number of aliphatic carboxylic acids is 1. The predicted octanol–water partition coefficient (Wildman–Crippen LogP) is 2.84. The molecular weight excluding hydrogens is 312 g/mol. The largest absolute Gasteiger partial charge is 0.496 e. The summed E-state index contributed by atoms with van der Waals surface area (Å²) in [4.78, 5) is 11.5. The smallest absolute Gasteiger partial charge is 0.307 e. The van der Waals surface area contributed by atoms with Crippen LogP contribution in [0.2, 0.25) is 0 Å². The van der Waals surface area contributed by atoms with Crippen molar-refractivity contribution < 1.29 is 19.4 Å². The first-order valence-electron chi connectivity index (χ1n) is 6.19. The summed E-state index contributed by atoms with van der Waals surface area (Å²) in [5, 5.41) is 9.46. The van der Waals surface area contributed by atoms with E-state index in [0.29, 0.717) is 25.4 Å². The lowest BCUT2D eigenvalue weighted by atomic mass is 9.67. The number of halogens is 1. The second kappa shape index (κ2) is 5.51. The number of benzene rings is 1. The molecule has 1 N–H and O–H groups in total. The number of ether oxygens (including phenoxy) is 2. The van der Waals surface area contributed by atoms with Gasteiger partial charge in [-0.15, -0.1) is 0 Å². The Morgan fingerprint density at radius 3 is 2.68 bits per heavy atom. The van der Waals surface area contributed by atoms with E-state index in [0.717, 1.165) is 10.0 Å². The van der Waals surface area contributed by atoms with Gasteiger partial charge in [0.1, 0.15) is 5.75 Å². The SMILES string of the molecule is CCC(C(=O)O)C1(c2cc(Br)ccc2OC)COC1. The molecule has 1 aliphatic rings. The van der Waals surface area contributed by atoms with E-state index in [1.807, 2.05) is 25.1 Å². The Balaban J connectivity index is 2.52. The molecule has 0 saturated carbocycles. The number of methoxy groups -OCH3 is 1. The molecule has 1 atom stereocenters. The van der Waals surface area contributed by atoms with Crippen LogP contribution in [-0.4, -0.2) is 31.4 Å². The number of carboxylic acid groups (broad SMARTS) is 1. The Hall–Kier alpha value is -1.07. The Kier molecular flexibility index (Phi) is 4.16. The van der Waals surface area contributed by atoms with E-state index < -0.39 is 17.3 Å². The average molecular weight is 329 g/mol. The van der Waals surface area contributed by atoms with Crippen molar-refractivity contribution in [3.8, 4) is 5.75 Å². The maximum Gasteiger partial charge on any atom is 0.307 e. The van der Waals surface area contributed by atoms with Crippen molar-refractivity contribution in [1.82, 2.24) is 0 Å². The van der Waals surface area contributed by atoms with E-state index >= 15 is 0 Å². The zero-order valence-corrected chi connectivity index (χ0v) is 12.6. The minimum absolute atomic E-state index is 0.421. The third-order valence-electron chi connectivity index (χ3n) is 3.79. The topological polar surface area (TPSA) is 55.8 Å². The highest BCUT2D eigenvalue weighted by atomic mass is 79.9. The molecule has 1 heterocycles. The minimum atomic E-state index is -0.784. The van der Waals surface area contributed by atoms with E-state index in [2.05, 4.69) is 15.9 Å². The molecule has 19 heavy (non-hydrogen) atoms. The zero-order chi connectivity index (χ0) is 14.0. The highest BCUT2D eigenvalue weighted by molar-refractivity contribution is 9.10. The van der Waals surface area contributed by atoms with Crippen LogP contribution >= 0.6 is 15.9 Å². The Bertz CT molecular complexity index is 482. The molecule has 1 aliphatic heterocycles. The molecule has 0 amide bonds. The van der Waals surface area contributed by atoms with Crippen molar-refractivity contribution in [3.63, 3.8) is 0 Å². The predicted molar refractivity (Wildman–Crippen MR) is 74.6 cm³/mol. The van der Waals surface area contributed by atoms with E-state index in [-0.39, 0.29) is 0 Å². The standard InChI is InChI=1S/C14H17BrO4/c1-3-10(13(16)17)14(7-19-8-14)11-6-9(15)4-5-12(11)18-2/h4-6,10H,3,7-8H2,1-2H3,(H,16,17). The van der Waals surface area contributed by atoms with Crippen LogP contribution in [0.3, 0.4) is 0 Å². The number of hydrogen-bond acceptors (Lipinski definition) is 3. The van der Waals surface area contributed by atoms with E-state index in [4.69, 9.17) is 9.47 Å². The van der Waals surface area contributed by atoms with Gasteiger partial charge in [-0.3, -0.25) is 4.79 Å². The summed E-state index contributed by atoms with van der Waals surface area (Å²) in [7, 11) is 1.60. The molecule has 0 spiro atoms. The van der Waals surface area contributed by atoms with Gasteiger partial charge in [-0.2, -0.15) is 0 Å². The van der Waals surface area contributed by atoms with Gasteiger partial charge in [0.2, 0.25) is 0 Å². The molecule has 5 heteroatoms. The lowest BCUT2D eigenvalue weighted by molar-refractivity contribution is -0.157. The van der Waals surface area contributed by atoms with Crippen molar-refractivity contribution in [2.45, 2.75) is 18.8 Å². The highest BCUT2D eigenvalue weighted by Gasteiger charge is 2.51. The van der Waals surface area contributed by atoms with Gasteiger partial charge in [-0.25, -0.2) is 0 Å². The lowest BCUT2D eigenvalue weighted by Gasteiger charge is -2.46. The van der Waals surface area contributed by atoms with Gasteiger partial charge < -0.3 is 14.6 Å². The van der Waals surface area contributed by atoms with E-state index in [9.17, 15) is 9.90 Å². The van der Waals surface area contributed by atoms with E-state index in [1.54, 1.807) is 7.11 Å². The highest BCUT2D eigenvalue weighted by Crippen LogP contribution is 2.45. The summed E-state index contributed by atoms with van der Waals surface area (Å²) in [5.41, 5.74) is 0.417. The molecule has 0 radical (unpaired) electrons. The summed E-state index contributed by atoms with van der Waals surface area (Å²) in [6.45, 7) is 2.73. The fraction of sp³-hybridized carbons (Fsp3) is 0.500. The molecular formula is C14H17BrO4. The molecule has 1 unspecified atom stereocenters. The van der Waals surface area contributed by atoms with Gasteiger partial charge in [0.25, 0.3) is 0 Å². The lowest BCUT2D eigenvalue weighted by Crippen LogP contribution is -2.54. The first-order chi connectivity index (χ1) is 9.05. The van der Waals surface area contributed by atoms with Crippen molar-refractivity contribution in [1.29, 1.82) is 0 Å². The molecule has 0 bridgehead atoms. The normalized spacial score (nSPS) is 18.5. The van der Waals surface area contributed by atoms with Gasteiger partial charge in [-0.1, -0.05) is 22.9 Å². The van der Waals surface area contributed by atoms with Crippen LogP contribution in [0.5, 0.6) is 5.75 Å². The van der Waals surface area contributed by atoms with Crippen molar-refractivity contribution in [3.05, 3.63) is 28.2 Å². The first kappa shape index (κ1) is 14.3. The van der Waals surface area contributed by atoms with Crippen molar-refractivity contribution in [2.24, 2.45) is 5.92 Å². The van der Waals surface area contributed by atoms with Crippen molar-refractivity contribution >= 4 is 21.9 Å². The van der Waals surface area contributed by atoms with Crippen LogP contribution in [0, 0.1) is 5.92 Å². The third-order valence-corrected chi connectivity index (χ3v) is 4.28. The summed E-state index contributed by atoms with van der Waals surface area (Å²) in [5.74, 6) is -0.538. The molecule has 4 nitrogen and oxygen atoms in total. The van der Waals surface area contributed by atoms with Gasteiger partial charge in [0.15, 0.2) is 0 Å².